The molecule has 2 aromatic heterocycles. The van der Waals surface area contributed by atoms with E-state index >= 15 is 0 Å². The van der Waals surface area contributed by atoms with Gasteiger partial charge in [0, 0.05) is 12.4 Å². The van der Waals surface area contributed by atoms with Gasteiger partial charge in [0.1, 0.15) is 5.15 Å². The third kappa shape index (κ3) is 2.52. The lowest BCUT2D eigenvalue weighted by molar-refractivity contribution is 0.285. The van der Waals surface area contributed by atoms with Crippen molar-refractivity contribution in [2.24, 2.45) is 0 Å². The second-order valence-electron chi connectivity index (χ2n) is 3.20. The Morgan fingerprint density at radius 1 is 1.56 bits per heavy atom. The highest BCUT2D eigenvalue weighted by atomic mass is 35.5. The van der Waals surface area contributed by atoms with E-state index in [-0.39, 0.29) is 6.61 Å². The molecule has 4 nitrogen and oxygen atoms in total. The zero-order chi connectivity index (χ0) is 11.5. The molecule has 0 fully saturated rings. The first-order valence-corrected chi connectivity index (χ1v) is 6.68. The van der Waals surface area contributed by atoms with Crippen molar-refractivity contribution < 1.29 is 5.11 Å². The van der Waals surface area contributed by atoms with Crippen molar-refractivity contribution in [3.63, 3.8) is 0 Å². The summed E-state index contributed by atoms with van der Waals surface area (Å²) in [5.74, 6) is 0. The van der Waals surface area contributed by atoms with Gasteiger partial charge < -0.3 is 10.0 Å². The molecular weight excluding hydrogens is 266 g/mol. The van der Waals surface area contributed by atoms with E-state index in [1.54, 1.807) is 16.8 Å². The normalized spacial score (nSPS) is 10.7. The Morgan fingerprint density at radius 3 is 2.94 bits per heavy atom. The number of rotatable bonds is 4. The zero-order valence-corrected chi connectivity index (χ0v) is 10.9. The molecule has 86 valence electrons. The second-order valence-corrected chi connectivity index (χ2v) is 5.34. The summed E-state index contributed by atoms with van der Waals surface area (Å²) in [5.41, 5.74) is 2.81. The maximum absolute atomic E-state index is 9.03. The lowest BCUT2D eigenvalue weighted by Crippen LogP contribution is -2.16. The van der Waals surface area contributed by atoms with Crippen molar-refractivity contribution >= 4 is 39.4 Å². The van der Waals surface area contributed by atoms with Crippen molar-refractivity contribution in [2.45, 2.75) is 13.2 Å². The van der Waals surface area contributed by atoms with E-state index in [1.807, 2.05) is 17.3 Å². The number of nitrogens with zero attached hydrogens (tertiary/aromatic N) is 3. The predicted molar refractivity (Wildman–Crippen MR) is 67.3 cm³/mol. The fourth-order valence-electron chi connectivity index (χ4n) is 1.21. The van der Waals surface area contributed by atoms with E-state index < -0.39 is 0 Å². The maximum atomic E-state index is 9.03. The number of anilines is 1. The van der Waals surface area contributed by atoms with E-state index in [9.17, 15) is 0 Å². The van der Waals surface area contributed by atoms with Crippen molar-refractivity contribution in [1.82, 2.24) is 9.97 Å². The number of hydrogen-bond acceptors (Lipinski definition) is 6. The SMILES string of the molecule is CN(Cc1cscn1)c1nc(Cl)c(CO)s1. The molecule has 2 heterocycles. The minimum Gasteiger partial charge on any atom is -0.391 e. The Balaban J connectivity index is 2.11. The van der Waals surface area contributed by atoms with Crippen LogP contribution in [0.15, 0.2) is 10.9 Å². The summed E-state index contributed by atoms with van der Waals surface area (Å²) in [6, 6.07) is 0. The molecule has 7 heteroatoms. The van der Waals surface area contributed by atoms with Crippen LogP contribution < -0.4 is 4.90 Å². The molecule has 0 unspecified atom stereocenters. The van der Waals surface area contributed by atoms with Crippen molar-refractivity contribution in [3.05, 3.63) is 26.6 Å². The summed E-state index contributed by atoms with van der Waals surface area (Å²) >= 11 is 8.84. The molecule has 0 radical (unpaired) electrons. The Labute approximate surface area is 106 Å². The van der Waals surface area contributed by atoms with Crippen LogP contribution in [0.5, 0.6) is 0 Å². The standard InChI is InChI=1S/C9H10ClN3OS2/c1-13(2-6-4-15-5-11-6)9-12-8(10)7(3-14)16-9/h4-5,14H,2-3H2,1H3. The quantitative estimate of drug-likeness (QED) is 0.931. The van der Waals surface area contributed by atoms with Gasteiger partial charge in [-0.25, -0.2) is 9.97 Å². The minimum atomic E-state index is -0.0684. The Morgan fingerprint density at radius 2 is 2.38 bits per heavy atom. The van der Waals surface area contributed by atoms with Gasteiger partial charge in [0.05, 0.1) is 29.2 Å². The zero-order valence-electron chi connectivity index (χ0n) is 8.55. The van der Waals surface area contributed by atoms with E-state index in [1.165, 1.54) is 11.3 Å². The van der Waals surface area contributed by atoms with Crippen LogP contribution in [0.4, 0.5) is 5.13 Å². The highest BCUT2D eigenvalue weighted by Gasteiger charge is 2.12. The monoisotopic (exact) mass is 275 g/mol. The van der Waals surface area contributed by atoms with Crippen LogP contribution in [0, 0.1) is 0 Å². The van der Waals surface area contributed by atoms with Crippen molar-refractivity contribution in [1.29, 1.82) is 0 Å². The van der Waals surface area contributed by atoms with Gasteiger partial charge in [-0.2, -0.15) is 0 Å². The molecule has 0 bridgehead atoms. The van der Waals surface area contributed by atoms with Gasteiger partial charge in [0.2, 0.25) is 0 Å². The third-order valence-corrected chi connectivity index (χ3v) is 4.21. The summed E-state index contributed by atoms with van der Waals surface area (Å²) in [7, 11) is 1.93. The van der Waals surface area contributed by atoms with Gasteiger partial charge in [0.15, 0.2) is 5.13 Å². The van der Waals surface area contributed by atoms with Crippen molar-refractivity contribution in [3.8, 4) is 0 Å². The number of aliphatic hydroxyl groups excluding tert-OH is 1. The number of halogens is 1. The Hall–Kier alpha value is -0.690. The van der Waals surface area contributed by atoms with Gasteiger partial charge in [-0.1, -0.05) is 22.9 Å². The van der Waals surface area contributed by atoms with Gasteiger partial charge >= 0.3 is 0 Å². The number of hydrogen-bond donors (Lipinski definition) is 1. The highest BCUT2D eigenvalue weighted by molar-refractivity contribution is 7.16. The molecule has 0 aliphatic rings. The predicted octanol–water partition coefficient (Wildman–Crippen LogP) is 2.38. The summed E-state index contributed by atoms with van der Waals surface area (Å²) in [4.78, 5) is 11.0. The van der Waals surface area contributed by atoms with Crippen LogP contribution >= 0.6 is 34.3 Å². The Kier molecular flexibility index (Phi) is 3.75. The molecule has 0 amide bonds. The van der Waals surface area contributed by atoms with Crippen LogP contribution in [0.25, 0.3) is 0 Å². The van der Waals surface area contributed by atoms with Crippen LogP contribution in [0.1, 0.15) is 10.6 Å². The molecule has 2 rings (SSSR count). The van der Waals surface area contributed by atoms with E-state index in [2.05, 4.69) is 9.97 Å². The summed E-state index contributed by atoms with van der Waals surface area (Å²) in [6.45, 7) is 0.624. The maximum Gasteiger partial charge on any atom is 0.187 e. The topological polar surface area (TPSA) is 49.2 Å². The summed E-state index contributed by atoms with van der Waals surface area (Å²) < 4.78 is 0. The van der Waals surface area contributed by atoms with Crippen LogP contribution in [-0.4, -0.2) is 22.1 Å². The molecule has 0 aromatic carbocycles. The second kappa shape index (κ2) is 5.09. The van der Waals surface area contributed by atoms with E-state index in [0.717, 1.165) is 10.8 Å². The van der Waals surface area contributed by atoms with Gasteiger partial charge in [-0.05, 0) is 0 Å². The summed E-state index contributed by atoms with van der Waals surface area (Å²) in [5, 5.41) is 12.2. The Bertz CT molecular complexity index is 457. The van der Waals surface area contributed by atoms with Gasteiger partial charge in [-0.15, -0.1) is 11.3 Å². The molecule has 0 saturated carbocycles. The molecule has 0 atom stereocenters. The molecule has 0 spiro atoms. The first-order valence-electron chi connectivity index (χ1n) is 4.55. The smallest absolute Gasteiger partial charge is 0.187 e. The lowest BCUT2D eigenvalue weighted by Gasteiger charge is -2.13. The van der Waals surface area contributed by atoms with Crippen LogP contribution in [0.2, 0.25) is 5.15 Å². The molecular formula is C9H10ClN3OS2. The molecule has 0 saturated heterocycles. The highest BCUT2D eigenvalue weighted by Crippen LogP contribution is 2.29. The van der Waals surface area contributed by atoms with Crippen molar-refractivity contribution in [2.75, 3.05) is 11.9 Å². The van der Waals surface area contributed by atoms with Gasteiger partial charge in [0.25, 0.3) is 0 Å². The molecule has 16 heavy (non-hydrogen) atoms. The first kappa shape index (κ1) is 11.8. The lowest BCUT2D eigenvalue weighted by atomic mass is 10.5. The average molecular weight is 276 g/mol. The molecule has 0 aliphatic heterocycles. The number of thiazole rings is 2. The fraction of sp³-hybridized carbons (Fsp3) is 0.333. The molecule has 2 aromatic rings. The number of aromatic nitrogens is 2. The van der Waals surface area contributed by atoms with Crippen LogP contribution in [0.3, 0.4) is 0 Å². The third-order valence-electron chi connectivity index (χ3n) is 1.99. The van der Waals surface area contributed by atoms with E-state index in [0.29, 0.717) is 16.6 Å². The largest absolute Gasteiger partial charge is 0.391 e. The van der Waals surface area contributed by atoms with Crippen LogP contribution in [-0.2, 0) is 13.2 Å². The molecule has 0 aliphatic carbocycles. The number of aliphatic hydroxyl groups is 1. The average Bonchev–Trinajstić information content (AvgIpc) is 2.87. The van der Waals surface area contributed by atoms with Gasteiger partial charge in [-0.3, -0.25) is 0 Å². The minimum absolute atomic E-state index is 0.0684. The summed E-state index contributed by atoms with van der Waals surface area (Å²) in [6.07, 6.45) is 0. The fourth-order valence-corrected chi connectivity index (χ4v) is 2.84. The first-order chi connectivity index (χ1) is 7.70. The molecule has 1 N–H and O–H groups in total. The van der Waals surface area contributed by atoms with E-state index in [4.69, 9.17) is 16.7 Å².